The quantitative estimate of drug-likeness (QED) is 0.226. The number of ether oxygens (including phenoxy) is 2. The number of hydrogen-bond acceptors (Lipinski definition) is 4. The van der Waals surface area contributed by atoms with Gasteiger partial charge in [0.15, 0.2) is 5.96 Å². The molecule has 3 N–H and O–H groups in total. The second kappa shape index (κ2) is 12.3. The topological polar surface area (TPSA) is 75.1 Å². The lowest BCUT2D eigenvalue weighted by molar-refractivity contribution is 0.127. The summed E-state index contributed by atoms with van der Waals surface area (Å²) >= 11 is 0. The highest BCUT2D eigenvalue weighted by atomic mass is 127. The summed E-state index contributed by atoms with van der Waals surface area (Å²) in [6.07, 6.45) is 2.62. The molecule has 0 bridgehead atoms. The van der Waals surface area contributed by atoms with E-state index < -0.39 is 0 Å². The summed E-state index contributed by atoms with van der Waals surface area (Å²) < 4.78 is 11.2. The monoisotopic (exact) mass is 463 g/mol. The van der Waals surface area contributed by atoms with E-state index in [4.69, 9.17) is 9.47 Å². The van der Waals surface area contributed by atoms with Crippen LogP contribution in [0.4, 0.5) is 0 Å². The molecular formula is C18H30IN3O3. The van der Waals surface area contributed by atoms with Crippen LogP contribution in [0.1, 0.15) is 19.3 Å². The molecular weight excluding hydrogens is 433 g/mol. The Kier molecular flexibility index (Phi) is 10.8. The predicted octanol–water partition coefficient (Wildman–Crippen LogP) is 2.03. The molecule has 1 unspecified atom stereocenters. The van der Waals surface area contributed by atoms with Crippen molar-refractivity contribution in [3.63, 3.8) is 0 Å². The van der Waals surface area contributed by atoms with Crippen LogP contribution in [0.15, 0.2) is 35.3 Å². The van der Waals surface area contributed by atoms with Gasteiger partial charge in [0.05, 0.1) is 13.2 Å². The Morgan fingerprint density at radius 3 is 2.76 bits per heavy atom. The number of para-hydroxylation sites is 1. The van der Waals surface area contributed by atoms with Crippen molar-refractivity contribution < 1.29 is 14.6 Å². The summed E-state index contributed by atoms with van der Waals surface area (Å²) in [4.78, 5) is 4.25. The van der Waals surface area contributed by atoms with Gasteiger partial charge in [-0.05, 0) is 31.4 Å². The number of halogens is 1. The van der Waals surface area contributed by atoms with Crippen LogP contribution in [0.2, 0.25) is 0 Å². The summed E-state index contributed by atoms with van der Waals surface area (Å²) in [5.74, 6) is 1.67. The molecule has 6 nitrogen and oxygen atoms in total. The molecule has 0 amide bonds. The van der Waals surface area contributed by atoms with E-state index in [0.29, 0.717) is 13.2 Å². The SMILES string of the molecule is CN=C(NCCCOc1ccccc1)NCC1(CCO)CCOC1.I. The van der Waals surface area contributed by atoms with Crippen LogP contribution in [0.3, 0.4) is 0 Å². The summed E-state index contributed by atoms with van der Waals surface area (Å²) in [6, 6.07) is 9.82. The highest BCUT2D eigenvalue weighted by Gasteiger charge is 2.34. The van der Waals surface area contributed by atoms with Crippen LogP contribution in [-0.2, 0) is 4.74 Å². The molecule has 1 heterocycles. The molecule has 1 aromatic rings. The molecule has 0 radical (unpaired) electrons. The Balaban J connectivity index is 0.00000312. The number of benzene rings is 1. The maximum absolute atomic E-state index is 9.27. The number of aliphatic hydroxyl groups excluding tert-OH is 1. The third kappa shape index (κ3) is 7.79. The first-order valence-corrected chi connectivity index (χ1v) is 8.59. The lowest BCUT2D eigenvalue weighted by Crippen LogP contribution is -2.44. The van der Waals surface area contributed by atoms with Gasteiger partial charge in [-0.3, -0.25) is 4.99 Å². The molecule has 2 rings (SSSR count). The van der Waals surface area contributed by atoms with E-state index >= 15 is 0 Å². The fourth-order valence-electron chi connectivity index (χ4n) is 2.79. The Morgan fingerprint density at radius 2 is 2.12 bits per heavy atom. The lowest BCUT2D eigenvalue weighted by atomic mass is 9.84. The van der Waals surface area contributed by atoms with Gasteiger partial charge in [0.25, 0.3) is 0 Å². The molecule has 1 aromatic carbocycles. The Morgan fingerprint density at radius 1 is 1.32 bits per heavy atom. The maximum Gasteiger partial charge on any atom is 0.191 e. The third-order valence-electron chi connectivity index (χ3n) is 4.31. The van der Waals surface area contributed by atoms with E-state index in [1.54, 1.807) is 7.05 Å². The highest BCUT2D eigenvalue weighted by molar-refractivity contribution is 14.0. The number of guanidine groups is 1. The van der Waals surface area contributed by atoms with Crippen molar-refractivity contribution >= 4 is 29.9 Å². The van der Waals surface area contributed by atoms with Crippen LogP contribution in [0, 0.1) is 5.41 Å². The zero-order valence-corrected chi connectivity index (χ0v) is 17.2. The van der Waals surface area contributed by atoms with Crippen molar-refractivity contribution in [3.8, 4) is 5.75 Å². The van der Waals surface area contributed by atoms with Crippen LogP contribution in [0.25, 0.3) is 0 Å². The molecule has 0 aromatic heterocycles. The van der Waals surface area contributed by atoms with Gasteiger partial charge in [-0.2, -0.15) is 0 Å². The molecule has 25 heavy (non-hydrogen) atoms. The van der Waals surface area contributed by atoms with Gasteiger partial charge in [-0.15, -0.1) is 24.0 Å². The summed E-state index contributed by atoms with van der Waals surface area (Å²) in [5, 5.41) is 15.9. The first-order chi connectivity index (χ1) is 11.8. The fourth-order valence-corrected chi connectivity index (χ4v) is 2.79. The van der Waals surface area contributed by atoms with Gasteiger partial charge in [0, 0.05) is 38.8 Å². The van der Waals surface area contributed by atoms with Crippen molar-refractivity contribution in [2.45, 2.75) is 19.3 Å². The van der Waals surface area contributed by atoms with Gasteiger partial charge >= 0.3 is 0 Å². The average Bonchev–Trinajstić information content (AvgIpc) is 3.07. The smallest absolute Gasteiger partial charge is 0.191 e. The molecule has 142 valence electrons. The molecule has 0 saturated carbocycles. The first kappa shape index (κ1) is 22.0. The minimum atomic E-state index is 0. The van der Waals surface area contributed by atoms with E-state index in [1.165, 1.54) is 0 Å². The molecule has 1 aliphatic rings. The van der Waals surface area contributed by atoms with Crippen molar-refractivity contribution in [3.05, 3.63) is 30.3 Å². The molecule has 7 heteroatoms. The van der Waals surface area contributed by atoms with Crippen LogP contribution in [0.5, 0.6) is 5.75 Å². The number of nitrogens with one attached hydrogen (secondary N) is 2. The normalized spacial score (nSPS) is 20.0. The number of nitrogens with zero attached hydrogens (tertiary/aromatic N) is 1. The number of rotatable bonds is 9. The van der Waals surface area contributed by atoms with Crippen molar-refractivity contribution in [2.24, 2.45) is 10.4 Å². The maximum atomic E-state index is 9.27. The molecule has 1 atom stereocenters. The fraction of sp³-hybridized carbons (Fsp3) is 0.611. The van der Waals surface area contributed by atoms with Crippen LogP contribution < -0.4 is 15.4 Å². The second-order valence-electron chi connectivity index (χ2n) is 6.14. The second-order valence-corrected chi connectivity index (χ2v) is 6.14. The van der Waals surface area contributed by atoms with E-state index in [1.807, 2.05) is 30.3 Å². The molecule has 0 spiro atoms. The Labute approximate surface area is 167 Å². The number of hydrogen-bond donors (Lipinski definition) is 3. The zero-order chi connectivity index (χ0) is 17.1. The Bertz CT molecular complexity index is 494. The van der Waals surface area contributed by atoms with E-state index in [0.717, 1.165) is 50.7 Å². The number of aliphatic imine (C=N–C) groups is 1. The van der Waals surface area contributed by atoms with Crippen molar-refractivity contribution in [1.82, 2.24) is 10.6 Å². The summed E-state index contributed by atoms with van der Waals surface area (Å²) in [5.41, 5.74) is 0.0167. The van der Waals surface area contributed by atoms with Gasteiger partial charge < -0.3 is 25.2 Å². The minimum absolute atomic E-state index is 0. The first-order valence-electron chi connectivity index (χ1n) is 8.59. The Hall–Kier alpha value is -1.06. The minimum Gasteiger partial charge on any atom is -0.494 e. The van der Waals surface area contributed by atoms with Crippen LogP contribution in [-0.4, -0.2) is 57.6 Å². The highest BCUT2D eigenvalue weighted by Crippen LogP contribution is 2.31. The summed E-state index contributed by atoms with van der Waals surface area (Å²) in [7, 11) is 1.76. The molecule has 1 fully saturated rings. The van der Waals surface area contributed by atoms with Crippen molar-refractivity contribution in [2.75, 3.05) is 46.6 Å². The largest absolute Gasteiger partial charge is 0.494 e. The zero-order valence-electron chi connectivity index (χ0n) is 14.9. The van der Waals surface area contributed by atoms with Gasteiger partial charge in [0.1, 0.15) is 5.75 Å². The van der Waals surface area contributed by atoms with Crippen molar-refractivity contribution in [1.29, 1.82) is 0 Å². The molecule has 1 saturated heterocycles. The standard InChI is InChI=1S/C18H29N3O3.HI/c1-19-17(21-14-18(8-11-22)9-13-23-15-18)20-10-5-12-24-16-6-3-2-4-7-16;/h2-4,6-7,22H,5,8-15H2,1H3,(H2,19,20,21);1H. The predicted molar refractivity (Wildman–Crippen MR) is 111 cm³/mol. The van der Waals surface area contributed by atoms with Gasteiger partial charge in [0.2, 0.25) is 0 Å². The number of aliphatic hydroxyl groups is 1. The van der Waals surface area contributed by atoms with E-state index in [2.05, 4.69) is 15.6 Å². The summed E-state index contributed by atoms with van der Waals surface area (Å²) in [6.45, 7) is 3.86. The average molecular weight is 463 g/mol. The third-order valence-corrected chi connectivity index (χ3v) is 4.31. The molecule has 0 aliphatic carbocycles. The van der Waals surface area contributed by atoms with E-state index in [-0.39, 0.29) is 36.0 Å². The van der Waals surface area contributed by atoms with Crippen LogP contribution >= 0.6 is 24.0 Å². The van der Waals surface area contributed by atoms with Gasteiger partial charge in [-0.25, -0.2) is 0 Å². The molecule has 1 aliphatic heterocycles. The van der Waals surface area contributed by atoms with Gasteiger partial charge in [-0.1, -0.05) is 18.2 Å². The lowest BCUT2D eigenvalue weighted by Gasteiger charge is -2.27. The van der Waals surface area contributed by atoms with E-state index in [9.17, 15) is 5.11 Å².